The highest BCUT2D eigenvalue weighted by molar-refractivity contribution is 5.95. The van der Waals surface area contributed by atoms with E-state index in [-0.39, 0.29) is 5.91 Å². The lowest BCUT2D eigenvalue weighted by Crippen LogP contribution is -2.32. The number of nitrogens with two attached hydrogens (primary N) is 1. The van der Waals surface area contributed by atoms with E-state index >= 15 is 0 Å². The van der Waals surface area contributed by atoms with Gasteiger partial charge in [0.2, 0.25) is 5.91 Å². The molecule has 0 saturated heterocycles. The third-order valence-corrected chi connectivity index (χ3v) is 3.59. The molecule has 0 spiro atoms. The molecule has 1 atom stereocenters. The van der Waals surface area contributed by atoms with E-state index < -0.39 is 5.60 Å². The van der Waals surface area contributed by atoms with Crippen LogP contribution in [0.25, 0.3) is 0 Å². The summed E-state index contributed by atoms with van der Waals surface area (Å²) in [5, 5.41) is 16.0. The number of nitrogens with one attached hydrogen (secondary N) is 2. The number of benzene rings is 1. The van der Waals surface area contributed by atoms with Crippen LogP contribution in [0.1, 0.15) is 32.3 Å². The summed E-state index contributed by atoms with van der Waals surface area (Å²) in [6.07, 6.45) is 1.89. The van der Waals surface area contributed by atoms with Gasteiger partial charge in [0.25, 0.3) is 0 Å². The zero-order valence-corrected chi connectivity index (χ0v) is 11.4. The van der Waals surface area contributed by atoms with E-state index in [1.807, 2.05) is 13.0 Å². The summed E-state index contributed by atoms with van der Waals surface area (Å²) >= 11 is 0. The predicted octanol–water partition coefficient (Wildman–Crippen LogP) is 1.73. The highest BCUT2D eigenvalue weighted by atomic mass is 16.3. The highest BCUT2D eigenvalue weighted by Gasteiger charge is 2.19. The van der Waals surface area contributed by atoms with E-state index in [1.54, 1.807) is 13.0 Å². The fourth-order valence-electron chi connectivity index (χ4n) is 2.01. The lowest BCUT2D eigenvalue weighted by molar-refractivity contribution is -0.116. The fourth-order valence-corrected chi connectivity index (χ4v) is 2.01. The van der Waals surface area contributed by atoms with Gasteiger partial charge in [0, 0.05) is 18.7 Å². The Kier molecular flexibility index (Phi) is 3.66. The topological polar surface area (TPSA) is 87.4 Å². The summed E-state index contributed by atoms with van der Waals surface area (Å²) in [7, 11) is 0. The molecule has 1 aromatic rings. The van der Waals surface area contributed by atoms with Crippen molar-refractivity contribution < 1.29 is 9.90 Å². The van der Waals surface area contributed by atoms with Gasteiger partial charge in [0.05, 0.1) is 17.0 Å². The van der Waals surface area contributed by atoms with Crippen LogP contribution >= 0.6 is 0 Å². The maximum Gasteiger partial charge on any atom is 0.224 e. The highest BCUT2D eigenvalue weighted by Crippen LogP contribution is 2.31. The summed E-state index contributed by atoms with van der Waals surface area (Å²) in [4.78, 5) is 11.3. The lowest BCUT2D eigenvalue weighted by atomic mass is 10.0. The standard InChI is InChI=1S/C14H21N3O2/c1-3-14(2,19)8-16-12-6-9-4-5-13(18)17-11(9)7-10(12)15/h6-7,16,19H,3-5,8,15H2,1-2H3,(H,17,18). The summed E-state index contributed by atoms with van der Waals surface area (Å²) in [6.45, 7) is 4.17. The number of hydrogen-bond donors (Lipinski definition) is 4. The number of hydrogen-bond acceptors (Lipinski definition) is 4. The lowest BCUT2D eigenvalue weighted by Gasteiger charge is -2.24. The van der Waals surface area contributed by atoms with Gasteiger partial charge in [0.15, 0.2) is 0 Å². The number of aryl methyl sites for hydroxylation is 1. The molecule has 0 fully saturated rings. The van der Waals surface area contributed by atoms with Gasteiger partial charge in [-0.2, -0.15) is 0 Å². The van der Waals surface area contributed by atoms with Crippen molar-refractivity contribution in [1.82, 2.24) is 0 Å². The Morgan fingerprint density at radius 1 is 1.47 bits per heavy atom. The maximum atomic E-state index is 11.3. The molecule has 5 N–H and O–H groups in total. The zero-order chi connectivity index (χ0) is 14.0. The Balaban J connectivity index is 2.16. The molecular formula is C14H21N3O2. The van der Waals surface area contributed by atoms with Gasteiger partial charge in [-0.05, 0) is 37.5 Å². The van der Waals surface area contributed by atoms with E-state index in [0.29, 0.717) is 25.1 Å². The van der Waals surface area contributed by atoms with E-state index in [2.05, 4.69) is 10.6 Å². The van der Waals surface area contributed by atoms with Crippen molar-refractivity contribution in [3.8, 4) is 0 Å². The Morgan fingerprint density at radius 2 is 2.21 bits per heavy atom. The van der Waals surface area contributed by atoms with Crippen molar-refractivity contribution in [2.45, 2.75) is 38.7 Å². The molecular weight excluding hydrogens is 242 g/mol. The molecule has 1 amide bonds. The van der Waals surface area contributed by atoms with Crippen molar-refractivity contribution in [3.63, 3.8) is 0 Å². The first-order chi connectivity index (χ1) is 8.91. The molecule has 1 aliphatic rings. The van der Waals surface area contributed by atoms with Gasteiger partial charge in [0.1, 0.15) is 0 Å². The molecule has 1 aromatic carbocycles. The fraction of sp³-hybridized carbons (Fsp3) is 0.500. The molecule has 19 heavy (non-hydrogen) atoms. The first-order valence-electron chi connectivity index (χ1n) is 6.60. The SMILES string of the molecule is CCC(C)(O)CNc1cc2c(cc1N)NC(=O)CC2. The average Bonchev–Trinajstić information content (AvgIpc) is 2.36. The molecule has 5 nitrogen and oxygen atoms in total. The first kappa shape index (κ1) is 13.7. The first-order valence-corrected chi connectivity index (χ1v) is 6.60. The van der Waals surface area contributed by atoms with E-state index in [1.165, 1.54) is 0 Å². The van der Waals surface area contributed by atoms with E-state index in [4.69, 9.17) is 5.73 Å². The van der Waals surface area contributed by atoms with Crippen molar-refractivity contribution in [3.05, 3.63) is 17.7 Å². The van der Waals surface area contributed by atoms with Crippen LogP contribution in [0.5, 0.6) is 0 Å². The average molecular weight is 263 g/mol. The van der Waals surface area contributed by atoms with Gasteiger partial charge in [-0.3, -0.25) is 4.79 Å². The number of amides is 1. The van der Waals surface area contributed by atoms with Crippen LogP contribution in [-0.2, 0) is 11.2 Å². The van der Waals surface area contributed by atoms with Gasteiger partial charge in [-0.25, -0.2) is 0 Å². The molecule has 0 radical (unpaired) electrons. The molecule has 104 valence electrons. The summed E-state index contributed by atoms with van der Waals surface area (Å²) in [6, 6.07) is 3.73. The number of fused-ring (bicyclic) bond motifs is 1. The quantitative estimate of drug-likeness (QED) is 0.623. The summed E-state index contributed by atoms with van der Waals surface area (Å²) in [5.74, 6) is 0.0292. The van der Waals surface area contributed by atoms with Crippen molar-refractivity contribution >= 4 is 23.0 Å². The molecule has 0 aromatic heterocycles. The molecule has 1 unspecified atom stereocenters. The number of carbonyl (C=O) groups is 1. The number of nitrogen functional groups attached to an aromatic ring is 1. The van der Waals surface area contributed by atoms with Crippen LogP contribution in [0.15, 0.2) is 12.1 Å². The third kappa shape index (κ3) is 3.17. The largest absolute Gasteiger partial charge is 0.397 e. The Morgan fingerprint density at radius 3 is 2.89 bits per heavy atom. The molecule has 5 heteroatoms. The van der Waals surface area contributed by atoms with Crippen LogP contribution in [-0.4, -0.2) is 23.2 Å². The monoisotopic (exact) mass is 263 g/mol. The second-order valence-corrected chi connectivity index (χ2v) is 5.35. The van der Waals surface area contributed by atoms with Crippen molar-refractivity contribution in [2.75, 3.05) is 22.9 Å². The number of anilines is 3. The third-order valence-electron chi connectivity index (χ3n) is 3.59. The molecule has 0 saturated carbocycles. The van der Waals surface area contributed by atoms with Gasteiger partial charge >= 0.3 is 0 Å². The molecule has 1 aliphatic heterocycles. The zero-order valence-electron chi connectivity index (χ0n) is 11.4. The van der Waals surface area contributed by atoms with Crippen molar-refractivity contribution in [1.29, 1.82) is 0 Å². The smallest absolute Gasteiger partial charge is 0.224 e. The number of carbonyl (C=O) groups excluding carboxylic acids is 1. The van der Waals surface area contributed by atoms with E-state index in [0.717, 1.165) is 23.4 Å². The van der Waals surface area contributed by atoms with Crippen LogP contribution in [0.2, 0.25) is 0 Å². The van der Waals surface area contributed by atoms with Gasteiger partial charge in [-0.15, -0.1) is 0 Å². The Hall–Kier alpha value is -1.75. The van der Waals surface area contributed by atoms with Gasteiger partial charge < -0.3 is 21.5 Å². The summed E-state index contributed by atoms with van der Waals surface area (Å²) in [5.41, 5.74) is 8.47. The number of rotatable bonds is 4. The second kappa shape index (κ2) is 5.09. The van der Waals surface area contributed by atoms with Crippen molar-refractivity contribution in [2.24, 2.45) is 0 Å². The molecule has 0 bridgehead atoms. The summed E-state index contributed by atoms with van der Waals surface area (Å²) < 4.78 is 0. The molecule has 1 heterocycles. The second-order valence-electron chi connectivity index (χ2n) is 5.35. The van der Waals surface area contributed by atoms with Crippen LogP contribution in [0, 0.1) is 0 Å². The number of aliphatic hydroxyl groups is 1. The minimum absolute atomic E-state index is 0.0292. The Bertz CT molecular complexity index is 498. The maximum absolute atomic E-state index is 11.3. The van der Waals surface area contributed by atoms with Gasteiger partial charge in [-0.1, -0.05) is 6.92 Å². The van der Waals surface area contributed by atoms with Crippen LogP contribution in [0.3, 0.4) is 0 Å². The molecule has 0 aliphatic carbocycles. The Labute approximate surface area is 113 Å². The normalized spacial score (nSPS) is 17.3. The minimum atomic E-state index is -0.753. The molecule has 2 rings (SSSR count). The predicted molar refractivity (Wildman–Crippen MR) is 77.2 cm³/mol. The minimum Gasteiger partial charge on any atom is -0.397 e. The van der Waals surface area contributed by atoms with E-state index in [9.17, 15) is 9.90 Å². The van der Waals surface area contributed by atoms with Crippen LogP contribution in [0.4, 0.5) is 17.1 Å². The van der Waals surface area contributed by atoms with Crippen LogP contribution < -0.4 is 16.4 Å².